The SMILES string of the molecule is CCNC(=S)N[C@@H](C)c1cccc2ccccc12. The van der Waals surface area contributed by atoms with Crippen molar-refractivity contribution in [3.8, 4) is 0 Å². The Hall–Kier alpha value is -1.61. The molecule has 0 amide bonds. The zero-order valence-corrected chi connectivity index (χ0v) is 11.6. The molecule has 0 saturated carbocycles. The molecule has 3 heteroatoms. The van der Waals surface area contributed by atoms with Gasteiger partial charge >= 0.3 is 0 Å². The highest BCUT2D eigenvalue weighted by Crippen LogP contribution is 2.23. The lowest BCUT2D eigenvalue weighted by molar-refractivity contribution is 0.707. The molecule has 0 saturated heterocycles. The number of hydrogen-bond donors (Lipinski definition) is 2. The van der Waals surface area contributed by atoms with Gasteiger partial charge in [0, 0.05) is 6.54 Å². The smallest absolute Gasteiger partial charge is 0.166 e. The van der Waals surface area contributed by atoms with E-state index in [0.29, 0.717) is 5.11 Å². The van der Waals surface area contributed by atoms with Crippen LogP contribution in [-0.4, -0.2) is 11.7 Å². The summed E-state index contributed by atoms with van der Waals surface area (Å²) in [6, 6.07) is 15.0. The topological polar surface area (TPSA) is 24.1 Å². The summed E-state index contributed by atoms with van der Waals surface area (Å²) in [4.78, 5) is 0. The van der Waals surface area contributed by atoms with Crippen molar-refractivity contribution in [1.82, 2.24) is 10.6 Å². The second-order valence-corrected chi connectivity index (χ2v) is 4.70. The first-order chi connectivity index (χ1) is 8.72. The van der Waals surface area contributed by atoms with Crippen molar-refractivity contribution < 1.29 is 0 Å². The van der Waals surface area contributed by atoms with E-state index in [4.69, 9.17) is 12.2 Å². The van der Waals surface area contributed by atoms with Gasteiger partial charge in [-0.2, -0.15) is 0 Å². The maximum Gasteiger partial charge on any atom is 0.166 e. The van der Waals surface area contributed by atoms with Gasteiger partial charge in [-0.1, -0.05) is 42.5 Å². The molecule has 1 atom stereocenters. The second-order valence-electron chi connectivity index (χ2n) is 4.29. The lowest BCUT2D eigenvalue weighted by atomic mass is 10.00. The van der Waals surface area contributed by atoms with Gasteiger partial charge in [0.1, 0.15) is 0 Å². The molecule has 0 fully saturated rings. The third kappa shape index (κ3) is 2.79. The highest BCUT2D eigenvalue weighted by molar-refractivity contribution is 7.80. The van der Waals surface area contributed by atoms with Gasteiger partial charge in [-0.25, -0.2) is 0 Å². The molecule has 18 heavy (non-hydrogen) atoms. The summed E-state index contributed by atoms with van der Waals surface area (Å²) < 4.78 is 0. The van der Waals surface area contributed by atoms with Crippen molar-refractivity contribution in [2.45, 2.75) is 19.9 Å². The molecule has 2 nitrogen and oxygen atoms in total. The fourth-order valence-electron chi connectivity index (χ4n) is 2.11. The van der Waals surface area contributed by atoms with E-state index in [1.807, 2.05) is 6.92 Å². The van der Waals surface area contributed by atoms with Gasteiger partial charge in [-0.05, 0) is 42.4 Å². The zero-order valence-electron chi connectivity index (χ0n) is 10.7. The minimum Gasteiger partial charge on any atom is -0.363 e. The van der Waals surface area contributed by atoms with E-state index < -0.39 is 0 Å². The molecular formula is C15H18N2S. The molecular weight excluding hydrogens is 240 g/mol. The minimum absolute atomic E-state index is 0.197. The molecule has 2 aromatic rings. The van der Waals surface area contributed by atoms with E-state index in [0.717, 1.165) is 6.54 Å². The summed E-state index contributed by atoms with van der Waals surface area (Å²) >= 11 is 5.23. The first kappa shape index (κ1) is 12.8. The monoisotopic (exact) mass is 258 g/mol. The number of hydrogen-bond acceptors (Lipinski definition) is 1. The lowest BCUT2D eigenvalue weighted by Gasteiger charge is -2.18. The first-order valence-corrected chi connectivity index (χ1v) is 6.65. The predicted molar refractivity (Wildman–Crippen MR) is 81.8 cm³/mol. The number of thiocarbonyl (C=S) groups is 1. The van der Waals surface area contributed by atoms with Crippen molar-refractivity contribution in [3.05, 3.63) is 48.0 Å². The van der Waals surface area contributed by atoms with Crippen molar-refractivity contribution >= 4 is 28.1 Å². The van der Waals surface area contributed by atoms with E-state index in [-0.39, 0.29) is 6.04 Å². The summed E-state index contributed by atoms with van der Waals surface area (Å²) in [7, 11) is 0. The molecule has 94 valence electrons. The molecule has 0 bridgehead atoms. The van der Waals surface area contributed by atoms with Crippen LogP contribution in [0.2, 0.25) is 0 Å². The number of fused-ring (bicyclic) bond motifs is 1. The molecule has 0 unspecified atom stereocenters. The van der Waals surface area contributed by atoms with Crippen LogP contribution in [0.1, 0.15) is 25.5 Å². The Morgan fingerprint density at radius 1 is 1.17 bits per heavy atom. The Balaban J connectivity index is 2.27. The molecule has 2 rings (SSSR count). The van der Waals surface area contributed by atoms with E-state index in [2.05, 4.69) is 60.0 Å². The summed E-state index contributed by atoms with van der Waals surface area (Å²) in [6.07, 6.45) is 0. The summed E-state index contributed by atoms with van der Waals surface area (Å²) in [5, 5.41) is 9.67. The molecule has 0 aliphatic heterocycles. The van der Waals surface area contributed by atoms with Gasteiger partial charge in [0.15, 0.2) is 5.11 Å². The Bertz CT molecular complexity index is 546. The maximum atomic E-state index is 5.23. The van der Waals surface area contributed by atoms with Gasteiger partial charge in [-0.15, -0.1) is 0 Å². The van der Waals surface area contributed by atoms with E-state index in [9.17, 15) is 0 Å². The van der Waals surface area contributed by atoms with Gasteiger partial charge in [0.2, 0.25) is 0 Å². The fourth-order valence-corrected chi connectivity index (χ4v) is 2.44. The highest BCUT2D eigenvalue weighted by Gasteiger charge is 2.09. The molecule has 2 aromatic carbocycles. The normalized spacial score (nSPS) is 12.1. The lowest BCUT2D eigenvalue weighted by Crippen LogP contribution is -2.36. The average molecular weight is 258 g/mol. The third-order valence-corrected chi connectivity index (χ3v) is 3.24. The molecule has 0 aromatic heterocycles. The Kier molecular flexibility index (Phi) is 4.15. The van der Waals surface area contributed by atoms with Crippen molar-refractivity contribution in [3.63, 3.8) is 0 Å². The van der Waals surface area contributed by atoms with Gasteiger partial charge in [-0.3, -0.25) is 0 Å². The molecule has 0 radical (unpaired) electrons. The van der Waals surface area contributed by atoms with E-state index >= 15 is 0 Å². The van der Waals surface area contributed by atoms with E-state index in [1.54, 1.807) is 0 Å². The van der Waals surface area contributed by atoms with Crippen molar-refractivity contribution in [1.29, 1.82) is 0 Å². The van der Waals surface area contributed by atoms with Crippen LogP contribution in [-0.2, 0) is 0 Å². The van der Waals surface area contributed by atoms with Crippen molar-refractivity contribution in [2.24, 2.45) is 0 Å². The second kappa shape index (κ2) is 5.83. The summed E-state index contributed by atoms with van der Waals surface area (Å²) in [5.41, 5.74) is 1.27. The van der Waals surface area contributed by atoms with Gasteiger partial charge in [0.05, 0.1) is 6.04 Å². The van der Waals surface area contributed by atoms with Crippen LogP contribution < -0.4 is 10.6 Å². The molecule has 0 heterocycles. The van der Waals surface area contributed by atoms with E-state index in [1.165, 1.54) is 16.3 Å². The molecule has 0 aliphatic rings. The van der Waals surface area contributed by atoms with Crippen LogP contribution in [0.25, 0.3) is 10.8 Å². The first-order valence-electron chi connectivity index (χ1n) is 6.24. The van der Waals surface area contributed by atoms with Gasteiger partial charge in [0.25, 0.3) is 0 Å². The number of benzene rings is 2. The van der Waals surface area contributed by atoms with Crippen molar-refractivity contribution in [2.75, 3.05) is 6.54 Å². The number of rotatable bonds is 3. The van der Waals surface area contributed by atoms with Crippen LogP contribution in [0.4, 0.5) is 0 Å². The standard InChI is InChI=1S/C15H18N2S/c1-3-16-15(18)17-11(2)13-10-6-8-12-7-4-5-9-14(12)13/h4-11H,3H2,1-2H3,(H2,16,17,18)/t11-/m0/s1. The molecule has 0 spiro atoms. The zero-order chi connectivity index (χ0) is 13.0. The van der Waals surface area contributed by atoms with Crippen LogP contribution in [0.5, 0.6) is 0 Å². The Labute approximate surface area is 113 Å². The largest absolute Gasteiger partial charge is 0.363 e. The van der Waals surface area contributed by atoms with Crippen LogP contribution in [0.3, 0.4) is 0 Å². The maximum absolute atomic E-state index is 5.23. The highest BCUT2D eigenvalue weighted by atomic mass is 32.1. The average Bonchev–Trinajstić information content (AvgIpc) is 2.38. The Morgan fingerprint density at radius 2 is 1.89 bits per heavy atom. The predicted octanol–water partition coefficient (Wildman–Crippen LogP) is 3.38. The summed E-state index contributed by atoms with van der Waals surface area (Å²) in [5.74, 6) is 0. The Morgan fingerprint density at radius 3 is 2.67 bits per heavy atom. The molecule has 2 N–H and O–H groups in total. The summed E-state index contributed by atoms with van der Waals surface area (Å²) in [6.45, 7) is 5.01. The van der Waals surface area contributed by atoms with Crippen LogP contribution in [0.15, 0.2) is 42.5 Å². The molecule has 0 aliphatic carbocycles. The van der Waals surface area contributed by atoms with Crippen LogP contribution in [0, 0.1) is 0 Å². The quantitative estimate of drug-likeness (QED) is 0.825. The van der Waals surface area contributed by atoms with Crippen LogP contribution >= 0.6 is 12.2 Å². The van der Waals surface area contributed by atoms with Gasteiger partial charge < -0.3 is 10.6 Å². The third-order valence-electron chi connectivity index (χ3n) is 2.97. The minimum atomic E-state index is 0.197. The number of nitrogens with one attached hydrogen (secondary N) is 2. The fraction of sp³-hybridized carbons (Fsp3) is 0.267.